The molecule has 0 spiro atoms. The maximum atomic E-state index is 12.8. The van der Waals surface area contributed by atoms with Crippen LogP contribution in [0.5, 0.6) is 0 Å². The van der Waals surface area contributed by atoms with Crippen LogP contribution in [0.15, 0.2) is 18.3 Å². The molecule has 1 unspecified atom stereocenters. The van der Waals surface area contributed by atoms with Crippen LogP contribution in [-0.4, -0.2) is 31.7 Å². The molecule has 16 heavy (non-hydrogen) atoms. The summed E-state index contributed by atoms with van der Waals surface area (Å²) in [4.78, 5) is 6.37. The van der Waals surface area contributed by atoms with Gasteiger partial charge < -0.3 is 10.2 Å². The Kier molecular flexibility index (Phi) is 3.72. The van der Waals surface area contributed by atoms with Gasteiger partial charge in [-0.15, -0.1) is 0 Å². The average Bonchev–Trinajstić information content (AvgIpc) is 2.31. The molecule has 0 bridgehead atoms. The van der Waals surface area contributed by atoms with E-state index in [9.17, 15) is 4.39 Å². The highest BCUT2D eigenvalue weighted by molar-refractivity contribution is 5.38. The molecule has 0 amide bonds. The van der Waals surface area contributed by atoms with Gasteiger partial charge >= 0.3 is 0 Å². The molecule has 1 N–H and O–H groups in total. The highest BCUT2D eigenvalue weighted by atomic mass is 19.1. The number of piperidine rings is 1. The van der Waals surface area contributed by atoms with Gasteiger partial charge in [-0.05, 0) is 44.5 Å². The molecule has 0 radical (unpaired) electrons. The van der Waals surface area contributed by atoms with Crippen LogP contribution in [0.25, 0.3) is 0 Å². The van der Waals surface area contributed by atoms with Crippen molar-refractivity contribution in [1.29, 1.82) is 0 Å². The zero-order valence-electron chi connectivity index (χ0n) is 9.62. The average molecular weight is 223 g/mol. The van der Waals surface area contributed by atoms with Gasteiger partial charge in [0, 0.05) is 13.1 Å². The van der Waals surface area contributed by atoms with Crippen molar-refractivity contribution in [3.8, 4) is 0 Å². The Bertz CT molecular complexity index is 324. The van der Waals surface area contributed by atoms with Gasteiger partial charge in [0.15, 0.2) is 0 Å². The molecule has 0 saturated carbocycles. The van der Waals surface area contributed by atoms with Crippen molar-refractivity contribution < 1.29 is 4.39 Å². The minimum atomic E-state index is -0.271. The highest BCUT2D eigenvalue weighted by Crippen LogP contribution is 2.20. The molecule has 1 aromatic heterocycles. The summed E-state index contributed by atoms with van der Waals surface area (Å²) in [5, 5.41) is 3.21. The molecule has 1 aliphatic rings. The molecule has 2 rings (SSSR count). The molecule has 4 heteroatoms. The van der Waals surface area contributed by atoms with Gasteiger partial charge in [-0.2, -0.15) is 0 Å². The first-order valence-corrected chi connectivity index (χ1v) is 5.80. The monoisotopic (exact) mass is 223 g/mol. The third-order valence-electron chi connectivity index (χ3n) is 3.05. The van der Waals surface area contributed by atoms with Crippen molar-refractivity contribution in [2.45, 2.75) is 12.8 Å². The Hall–Kier alpha value is -1.16. The van der Waals surface area contributed by atoms with E-state index in [0.717, 1.165) is 25.5 Å². The largest absolute Gasteiger partial charge is 0.356 e. The summed E-state index contributed by atoms with van der Waals surface area (Å²) in [6.07, 6.45) is 3.74. The molecule has 88 valence electrons. The number of hydrogen-bond donors (Lipinski definition) is 1. The lowest BCUT2D eigenvalue weighted by atomic mass is 9.98. The fourth-order valence-corrected chi connectivity index (χ4v) is 2.28. The van der Waals surface area contributed by atoms with Crippen LogP contribution >= 0.6 is 0 Å². The van der Waals surface area contributed by atoms with Crippen molar-refractivity contribution in [3.05, 3.63) is 24.1 Å². The Morgan fingerprint density at radius 3 is 3.12 bits per heavy atom. The zero-order chi connectivity index (χ0) is 11.4. The number of nitrogens with one attached hydrogen (secondary N) is 1. The first-order chi connectivity index (χ1) is 7.79. The Labute approximate surface area is 95.7 Å². The van der Waals surface area contributed by atoms with Crippen molar-refractivity contribution in [2.75, 3.05) is 31.6 Å². The number of halogens is 1. The maximum absolute atomic E-state index is 12.8. The van der Waals surface area contributed by atoms with E-state index in [-0.39, 0.29) is 5.82 Å². The summed E-state index contributed by atoms with van der Waals surface area (Å²) < 4.78 is 12.8. The van der Waals surface area contributed by atoms with Crippen LogP contribution in [-0.2, 0) is 0 Å². The van der Waals surface area contributed by atoms with Gasteiger partial charge in [-0.1, -0.05) is 0 Å². The summed E-state index contributed by atoms with van der Waals surface area (Å²) >= 11 is 0. The van der Waals surface area contributed by atoms with E-state index in [4.69, 9.17) is 0 Å². The maximum Gasteiger partial charge on any atom is 0.141 e. The molecular weight excluding hydrogens is 205 g/mol. The summed E-state index contributed by atoms with van der Waals surface area (Å²) in [5.41, 5.74) is 0. The van der Waals surface area contributed by atoms with Crippen LogP contribution in [0.1, 0.15) is 12.8 Å². The molecule has 1 aromatic rings. The zero-order valence-corrected chi connectivity index (χ0v) is 9.62. The van der Waals surface area contributed by atoms with E-state index in [0.29, 0.717) is 5.92 Å². The minimum Gasteiger partial charge on any atom is -0.356 e. The van der Waals surface area contributed by atoms with Gasteiger partial charge in [-0.25, -0.2) is 9.37 Å². The van der Waals surface area contributed by atoms with Gasteiger partial charge in [-0.3, -0.25) is 0 Å². The number of nitrogens with zero attached hydrogens (tertiary/aromatic N) is 2. The molecule has 1 aliphatic heterocycles. The van der Waals surface area contributed by atoms with Crippen molar-refractivity contribution >= 4 is 5.82 Å². The van der Waals surface area contributed by atoms with E-state index in [1.807, 2.05) is 7.05 Å². The van der Waals surface area contributed by atoms with Crippen molar-refractivity contribution in [1.82, 2.24) is 10.3 Å². The quantitative estimate of drug-likeness (QED) is 0.844. The molecule has 2 heterocycles. The highest BCUT2D eigenvalue weighted by Gasteiger charge is 2.20. The van der Waals surface area contributed by atoms with E-state index >= 15 is 0 Å². The van der Waals surface area contributed by atoms with Crippen LogP contribution in [0, 0.1) is 11.7 Å². The predicted molar refractivity (Wildman–Crippen MR) is 63.1 cm³/mol. The van der Waals surface area contributed by atoms with E-state index in [1.54, 1.807) is 6.07 Å². The second-order valence-corrected chi connectivity index (χ2v) is 4.35. The van der Waals surface area contributed by atoms with E-state index in [2.05, 4.69) is 15.2 Å². The molecule has 1 fully saturated rings. The molecule has 1 atom stereocenters. The number of hydrogen-bond acceptors (Lipinski definition) is 3. The van der Waals surface area contributed by atoms with Gasteiger partial charge in [0.1, 0.15) is 11.6 Å². The SMILES string of the molecule is CNCC1CCCN(c2ccc(F)cn2)C1. The van der Waals surface area contributed by atoms with Gasteiger partial charge in [0.05, 0.1) is 6.20 Å². The second-order valence-electron chi connectivity index (χ2n) is 4.35. The number of anilines is 1. The Morgan fingerprint density at radius 2 is 2.44 bits per heavy atom. The van der Waals surface area contributed by atoms with Crippen LogP contribution in [0.4, 0.5) is 10.2 Å². The summed E-state index contributed by atoms with van der Waals surface area (Å²) in [5.74, 6) is 1.29. The second kappa shape index (κ2) is 5.25. The normalized spacial score (nSPS) is 21.1. The molecular formula is C12H18FN3. The Balaban J connectivity index is 2.01. The fourth-order valence-electron chi connectivity index (χ4n) is 2.28. The number of rotatable bonds is 3. The summed E-state index contributed by atoms with van der Waals surface area (Å²) in [6.45, 7) is 3.08. The fraction of sp³-hybridized carbons (Fsp3) is 0.583. The smallest absolute Gasteiger partial charge is 0.141 e. The van der Waals surface area contributed by atoms with Gasteiger partial charge in [0.2, 0.25) is 0 Å². The third-order valence-corrected chi connectivity index (χ3v) is 3.05. The first kappa shape index (κ1) is 11.3. The van der Waals surface area contributed by atoms with Gasteiger partial charge in [0.25, 0.3) is 0 Å². The van der Waals surface area contributed by atoms with Crippen molar-refractivity contribution in [3.63, 3.8) is 0 Å². The van der Waals surface area contributed by atoms with E-state index in [1.165, 1.54) is 25.1 Å². The van der Waals surface area contributed by atoms with Crippen molar-refractivity contribution in [2.24, 2.45) is 5.92 Å². The molecule has 0 aliphatic carbocycles. The third kappa shape index (κ3) is 2.70. The molecule has 3 nitrogen and oxygen atoms in total. The Morgan fingerprint density at radius 1 is 1.56 bits per heavy atom. The van der Waals surface area contributed by atoms with Crippen LogP contribution in [0.2, 0.25) is 0 Å². The number of pyridine rings is 1. The summed E-state index contributed by atoms with van der Waals surface area (Å²) in [7, 11) is 1.98. The number of aromatic nitrogens is 1. The van der Waals surface area contributed by atoms with Crippen LogP contribution < -0.4 is 10.2 Å². The van der Waals surface area contributed by atoms with E-state index < -0.39 is 0 Å². The predicted octanol–water partition coefficient (Wildman–Crippen LogP) is 1.66. The lowest BCUT2D eigenvalue weighted by molar-refractivity contribution is 0.401. The standard InChI is InChI=1S/C12H18FN3/c1-14-7-10-3-2-6-16(9-10)12-5-4-11(13)8-15-12/h4-5,8,10,14H,2-3,6-7,9H2,1H3. The molecule has 1 saturated heterocycles. The minimum absolute atomic E-state index is 0.271. The summed E-state index contributed by atoms with van der Waals surface area (Å²) in [6, 6.07) is 3.24. The molecule has 0 aromatic carbocycles. The lowest BCUT2D eigenvalue weighted by Gasteiger charge is -2.33. The topological polar surface area (TPSA) is 28.2 Å². The lowest BCUT2D eigenvalue weighted by Crippen LogP contribution is -2.39. The first-order valence-electron chi connectivity index (χ1n) is 5.80. The van der Waals surface area contributed by atoms with Crippen LogP contribution in [0.3, 0.4) is 0 Å².